The lowest BCUT2D eigenvalue weighted by atomic mass is 10.4. The zero-order valence-corrected chi connectivity index (χ0v) is 5.86. The minimum Gasteiger partial charge on any atom is -0.392 e. The molecule has 0 aliphatic rings. The molecule has 8 heavy (non-hydrogen) atoms. The van der Waals surface area contributed by atoms with Gasteiger partial charge in [0, 0.05) is 12.3 Å². The summed E-state index contributed by atoms with van der Waals surface area (Å²) in [5.74, 6) is 0.795. The Morgan fingerprint density at radius 2 is 2.50 bits per heavy atom. The Kier molecular flexibility index (Phi) is 5.59. The summed E-state index contributed by atoms with van der Waals surface area (Å²) in [4.78, 5) is 0. The molecule has 1 radical (unpaired) electrons. The predicted octanol–water partition coefficient (Wildman–Crippen LogP) is 0.0484. The summed E-state index contributed by atoms with van der Waals surface area (Å²) >= 11 is 3.96. The summed E-state index contributed by atoms with van der Waals surface area (Å²) in [5.41, 5.74) is 0. The van der Waals surface area contributed by atoms with Gasteiger partial charge in [-0.25, -0.2) is 0 Å². The van der Waals surface area contributed by atoms with E-state index in [0.29, 0.717) is 0 Å². The van der Waals surface area contributed by atoms with Crippen molar-refractivity contribution in [3.8, 4) is 0 Å². The van der Waals surface area contributed by atoms with Gasteiger partial charge in [-0.3, -0.25) is 0 Å². The van der Waals surface area contributed by atoms with Gasteiger partial charge in [0.1, 0.15) is 0 Å². The fourth-order valence-electron chi connectivity index (χ4n) is 0.318. The number of nitrogens with one attached hydrogen (secondary N) is 1. The normalized spacial score (nSPS) is 13.9. The van der Waals surface area contributed by atoms with E-state index in [1.54, 1.807) is 13.5 Å². The van der Waals surface area contributed by atoms with E-state index in [4.69, 9.17) is 5.11 Å². The molecule has 0 bridgehead atoms. The van der Waals surface area contributed by atoms with Gasteiger partial charge in [0.05, 0.1) is 12.6 Å². The fraction of sp³-hybridized carbons (Fsp3) is 0.800. The second kappa shape index (κ2) is 5.41. The summed E-state index contributed by atoms with van der Waals surface area (Å²) < 4.78 is 0. The van der Waals surface area contributed by atoms with E-state index >= 15 is 0 Å². The number of aliphatic hydroxyl groups is 1. The van der Waals surface area contributed by atoms with E-state index < -0.39 is 0 Å². The first-order valence-electron chi connectivity index (χ1n) is 2.63. The molecule has 1 atom stereocenters. The molecular formula is C5H12NOS. The molecule has 1 unspecified atom stereocenters. The molecule has 0 saturated carbocycles. The lowest BCUT2D eigenvalue weighted by Crippen LogP contribution is -2.19. The first-order valence-corrected chi connectivity index (χ1v) is 3.26. The Hall–Kier alpha value is 0.270. The molecular weight excluding hydrogens is 122 g/mol. The monoisotopic (exact) mass is 134 g/mol. The number of hydrogen-bond donors (Lipinski definition) is 3. The molecule has 2 N–H and O–H groups in total. The lowest BCUT2D eigenvalue weighted by molar-refractivity contribution is 0.219. The highest BCUT2D eigenvalue weighted by Gasteiger charge is 1.91. The second-order valence-electron chi connectivity index (χ2n) is 1.59. The van der Waals surface area contributed by atoms with Gasteiger partial charge in [0.2, 0.25) is 0 Å². The SMILES string of the molecule is CC(O)[CH]NCCS. The highest BCUT2D eigenvalue weighted by atomic mass is 32.1. The van der Waals surface area contributed by atoms with Crippen molar-refractivity contribution in [3.63, 3.8) is 0 Å². The van der Waals surface area contributed by atoms with Gasteiger partial charge in [-0.2, -0.15) is 12.6 Å². The van der Waals surface area contributed by atoms with Crippen molar-refractivity contribution in [1.82, 2.24) is 5.32 Å². The first kappa shape index (κ1) is 8.27. The predicted molar refractivity (Wildman–Crippen MR) is 37.8 cm³/mol. The van der Waals surface area contributed by atoms with Crippen LogP contribution >= 0.6 is 12.6 Å². The number of aliphatic hydroxyl groups excluding tert-OH is 1. The summed E-state index contributed by atoms with van der Waals surface area (Å²) in [6.45, 7) is 4.15. The van der Waals surface area contributed by atoms with E-state index in [0.717, 1.165) is 12.3 Å². The molecule has 0 spiro atoms. The maximum absolute atomic E-state index is 8.64. The van der Waals surface area contributed by atoms with E-state index in [1.165, 1.54) is 0 Å². The van der Waals surface area contributed by atoms with Crippen LogP contribution in [0.2, 0.25) is 0 Å². The van der Waals surface area contributed by atoms with Crippen LogP contribution in [0, 0.1) is 6.54 Å². The van der Waals surface area contributed by atoms with Crippen LogP contribution in [-0.2, 0) is 0 Å². The first-order chi connectivity index (χ1) is 3.77. The van der Waals surface area contributed by atoms with Gasteiger partial charge in [-0.05, 0) is 6.92 Å². The molecule has 0 aliphatic carbocycles. The Labute approximate surface area is 55.7 Å². The van der Waals surface area contributed by atoms with Gasteiger partial charge in [-0.15, -0.1) is 0 Å². The Bertz CT molecular complexity index is 49.7. The van der Waals surface area contributed by atoms with E-state index in [1.807, 2.05) is 0 Å². The lowest BCUT2D eigenvalue weighted by Gasteiger charge is -2.02. The van der Waals surface area contributed by atoms with Crippen LogP contribution in [0.4, 0.5) is 0 Å². The largest absolute Gasteiger partial charge is 0.392 e. The van der Waals surface area contributed by atoms with Gasteiger partial charge < -0.3 is 10.4 Å². The Morgan fingerprint density at radius 1 is 1.88 bits per heavy atom. The Morgan fingerprint density at radius 3 is 2.88 bits per heavy atom. The minimum absolute atomic E-state index is 0.366. The number of thiol groups is 1. The standard InChI is InChI=1S/C5H12NOS/c1-5(7)4-6-2-3-8/h4-8H,2-3H2,1H3. The number of rotatable bonds is 4. The molecule has 2 nitrogen and oxygen atoms in total. The molecule has 0 rings (SSSR count). The molecule has 0 aliphatic heterocycles. The third-order valence-electron chi connectivity index (χ3n) is 0.615. The molecule has 0 fully saturated rings. The zero-order chi connectivity index (χ0) is 6.41. The van der Waals surface area contributed by atoms with Crippen molar-refractivity contribution in [3.05, 3.63) is 6.54 Å². The fourth-order valence-corrected chi connectivity index (χ4v) is 0.448. The molecule has 0 saturated heterocycles. The van der Waals surface area contributed by atoms with E-state index in [-0.39, 0.29) is 6.10 Å². The topological polar surface area (TPSA) is 32.3 Å². The molecule has 0 aromatic rings. The molecule has 3 heteroatoms. The third-order valence-corrected chi connectivity index (χ3v) is 0.839. The number of hydrogen-bond acceptors (Lipinski definition) is 3. The highest BCUT2D eigenvalue weighted by molar-refractivity contribution is 7.80. The van der Waals surface area contributed by atoms with Crippen molar-refractivity contribution in [2.24, 2.45) is 0 Å². The van der Waals surface area contributed by atoms with Crippen LogP contribution in [0.3, 0.4) is 0 Å². The van der Waals surface area contributed by atoms with Crippen molar-refractivity contribution >= 4 is 12.6 Å². The quantitative estimate of drug-likeness (QED) is 0.375. The minimum atomic E-state index is -0.366. The van der Waals surface area contributed by atoms with Crippen LogP contribution in [0.1, 0.15) is 6.92 Å². The van der Waals surface area contributed by atoms with Crippen molar-refractivity contribution in [1.29, 1.82) is 0 Å². The Balaban J connectivity index is 2.72. The van der Waals surface area contributed by atoms with Crippen LogP contribution in [0.15, 0.2) is 0 Å². The summed E-state index contributed by atoms with van der Waals surface area (Å²) in [6.07, 6.45) is -0.366. The second-order valence-corrected chi connectivity index (χ2v) is 2.03. The summed E-state index contributed by atoms with van der Waals surface area (Å²) in [6, 6.07) is 0. The molecule has 0 heterocycles. The molecule has 0 amide bonds. The maximum atomic E-state index is 8.64. The van der Waals surface area contributed by atoms with Crippen LogP contribution in [0.5, 0.6) is 0 Å². The molecule has 0 aromatic carbocycles. The zero-order valence-electron chi connectivity index (χ0n) is 4.96. The maximum Gasteiger partial charge on any atom is 0.0681 e. The van der Waals surface area contributed by atoms with Gasteiger partial charge in [0.15, 0.2) is 0 Å². The average Bonchev–Trinajstić information content (AvgIpc) is 1.66. The van der Waals surface area contributed by atoms with Crippen LogP contribution < -0.4 is 5.32 Å². The van der Waals surface area contributed by atoms with Crippen molar-refractivity contribution < 1.29 is 5.11 Å². The van der Waals surface area contributed by atoms with Gasteiger partial charge in [-0.1, -0.05) is 0 Å². The van der Waals surface area contributed by atoms with Gasteiger partial charge in [0.25, 0.3) is 0 Å². The van der Waals surface area contributed by atoms with Crippen LogP contribution in [0.25, 0.3) is 0 Å². The van der Waals surface area contributed by atoms with E-state index in [9.17, 15) is 0 Å². The smallest absolute Gasteiger partial charge is 0.0681 e. The average molecular weight is 134 g/mol. The summed E-state index contributed by atoms with van der Waals surface area (Å²) in [7, 11) is 0. The van der Waals surface area contributed by atoms with Crippen molar-refractivity contribution in [2.45, 2.75) is 13.0 Å². The molecule has 49 valence electrons. The van der Waals surface area contributed by atoms with Crippen molar-refractivity contribution in [2.75, 3.05) is 12.3 Å². The third kappa shape index (κ3) is 6.27. The van der Waals surface area contributed by atoms with Crippen LogP contribution in [-0.4, -0.2) is 23.5 Å². The van der Waals surface area contributed by atoms with Gasteiger partial charge >= 0.3 is 0 Å². The summed E-state index contributed by atoms with van der Waals surface area (Å²) in [5, 5.41) is 11.5. The van der Waals surface area contributed by atoms with E-state index in [2.05, 4.69) is 17.9 Å². The highest BCUT2D eigenvalue weighted by Crippen LogP contribution is 1.80. The molecule has 0 aromatic heterocycles.